The minimum Gasteiger partial charge on any atom is -0.497 e. The van der Waals surface area contributed by atoms with E-state index < -0.39 is 5.97 Å². The van der Waals surface area contributed by atoms with Crippen LogP contribution in [0, 0.1) is 0 Å². The van der Waals surface area contributed by atoms with E-state index in [9.17, 15) is 4.79 Å². The first kappa shape index (κ1) is 16.1. The number of rotatable bonds is 5. The average Bonchev–Trinajstić information content (AvgIpc) is 2.55. The van der Waals surface area contributed by atoms with Crippen molar-refractivity contribution >= 4 is 33.3 Å². The van der Waals surface area contributed by atoms with Crippen LogP contribution in [0.4, 0.5) is 5.69 Å². The number of anilines is 1. The number of ether oxygens (including phenoxy) is 2. The third-order valence-corrected chi connectivity index (χ3v) is 3.52. The SMILES string of the molecule is COC(=O)/C=C(\Nc1ccc(OC)cc1)c1ccc(Br)cc1. The Morgan fingerprint density at radius 1 is 1.05 bits per heavy atom. The lowest BCUT2D eigenvalue weighted by Crippen LogP contribution is -2.04. The number of hydrogen-bond acceptors (Lipinski definition) is 4. The number of esters is 1. The Morgan fingerprint density at radius 2 is 1.68 bits per heavy atom. The summed E-state index contributed by atoms with van der Waals surface area (Å²) >= 11 is 3.40. The topological polar surface area (TPSA) is 47.6 Å². The number of methoxy groups -OCH3 is 2. The van der Waals surface area contributed by atoms with Crippen molar-refractivity contribution in [2.45, 2.75) is 0 Å². The van der Waals surface area contributed by atoms with Crippen molar-refractivity contribution < 1.29 is 14.3 Å². The second kappa shape index (κ2) is 7.66. The molecule has 0 radical (unpaired) electrons. The smallest absolute Gasteiger partial charge is 0.332 e. The van der Waals surface area contributed by atoms with Gasteiger partial charge >= 0.3 is 5.97 Å². The second-order valence-corrected chi connectivity index (χ2v) is 5.36. The van der Waals surface area contributed by atoms with Gasteiger partial charge in [-0.3, -0.25) is 0 Å². The zero-order valence-corrected chi connectivity index (χ0v) is 13.9. The first-order valence-corrected chi connectivity index (χ1v) is 7.38. The van der Waals surface area contributed by atoms with Crippen LogP contribution in [0.2, 0.25) is 0 Å². The van der Waals surface area contributed by atoms with Crippen molar-refractivity contribution in [2.75, 3.05) is 19.5 Å². The molecule has 0 heterocycles. The van der Waals surface area contributed by atoms with Crippen LogP contribution in [-0.4, -0.2) is 20.2 Å². The zero-order chi connectivity index (χ0) is 15.9. The van der Waals surface area contributed by atoms with Gasteiger partial charge in [0.15, 0.2) is 0 Å². The van der Waals surface area contributed by atoms with E-state index in [4.69, 9.17) is 9.47 Å². The molecular weight excluding hydrogens is 346 g/mol. The summed E-state index contributed by atoms with van der Waals surface area (Å²) in [6.45, 7) is 0. The first-order chi connectivity index (χ1) is 10.6. The van der Waals surface area contributed by atoms with E-state index in [0.717, 1.165) is 21.5 Å². The van der Waals surface area contributed by atoms with E-state index in [1.54, 1.807) is 7.11 Å². The molecule has 22 heavy (non-hydrogen) atoms. The van der Waals surface area contributed by atoms with Crippen LogP contribution in [0.1, 0.15) is 5.56 Å². The normalized spacial score (nSPS) is 11.0. The Kier molecular flexibility index (Phi) is 5.61. The van der Waals surface area contributed by atoms with Crippen LogP contribution in [0.3, 0.4) is 0 Å². The number of carbonyl (C=O) groups is 1. The molecule has 2 rings (SSSR count). The summed E-state index contributed by atoms with van der Waals surface area (Å²) < 4.78 is 10.8. The van der Waals surface area contributed by atoms with Crippen molar-refractivity contribution in [3.05, 3.63) is 64.6 Å². The Labute approximate surface area is 137 Å². The Morgan fingerprint density at radius 3 is 2.23 bits per heavy atom. The Balaban J connectivity index is 2.29. The standard InChI is InChI=1S/C17H16BrNO3/c1-21-15-9-7-14(8-10-15)19-16(11-17(20)22-2)12-3-5-13(18)6-4-12/h3-11,19H,1-2H3/b16-11-. The predicted octanol–water partition coefficient (Wildman–Crippen LogP) is 4.08. The fraction of sp³-hybridized carbons (Fsp3) is 0.118. The maximum atomic E-state index is 11.6. The quantitative estimate of drug-likeness (QED) is 0.643. The Bertz CT molecular complexity index is 663. The maximum Gasteiger partial charge on any atom is 0.332 e. The van der Waals surface area contributed by atoms with E-state index >= 15 is 0 Å². The van der Waals surface area contributed by atoms with Gasteiger partial charge in [0.2, 0.25) is 0 Å². The summed E-state index contributed by atoms with van der Waals surface area (Å²) in [6.07, 6.45) is 1.42. The summed E-state index contributed by atoms with van der Waals surface area (Å²) in [5.74, 6) is 0.353. The number of carbonyl (C=O) groups excluding carboxylic acids is 1. The summed E-state index contributed by atoms with van der Waals surface area (Å²) in [5.41, 5.74) is 2.38. The van der Waals surface area contributed by atoms with Gasteiger partial charge in [-0.05, 0) is 42.0 Å². The lowest BCUT2D eigenvalue weighted by atomic mass is 10.1. The van der Waals surface area contributed by atoms with Gasteiger partial charge in [0.25, 0.3) is 0 Å². The van der Waals surface area contributed by atoms with Gasteiger partial charge in [-0.1, -0.05) is 28.1 Å². The van der Waals surface area contributed by atoms with Crippen LogP contribution in [0.15, 0.2) is 59.1 Å². The summed E-state index contributed by atoms with van der Waals surface area (Å²) in [5, 5.41) is 3.22. The van der Waals surface area contributed by atoms with Crippen molar-refractivity contribution in [1.29, 1.82) is 0 Å². The first-order valence-electron chi connectivity index (χ1n) is 6.59. The highest BCUT2D eigenvalue weighted by molar-refractivity contribution is 9.10. The summed E-state index contributed by atoms with van der Waals surface area (Å²) in [6, 6.07) is 15.1. The molecule has 2 aromatic rings. The second-order valence-electron chi connectivity index (χ2n) is 4.44. The molecule has 2 aromatic carbocycles. The molecule has 0 unspecified atom stereocenters. The lowest BCUT2D eigenvalue weighted by molar-refractivity contribution is -0.134. The highest BCUT2D eigenvalue weighted by Gasteiger charge is 2.06. The molecule has 0 saturated heterocycles. The molecule has 0 amide bonds. The zero-order valence-electron chi connectivity index (χ0n) is 12.3. The van der Waals surface area contributed by atoms with Crippen molar-refractivity contribution in [3.63, 3.8) is 0 Å². The van der Waals surface area contributed by atoms with Crippen LogP contribution in [-0.2, 0) is 9.53 Å². The molecule has 0 spiro atoms. The van der Waals surface area contributed by atoms with E-state index in [0.29, 0.717) is 5.70 Å². The van der Waals surface area contributed by atoms with Gasteiger partial charge in [-0.15, -0.1) is 0 Å². The lowest BCUT2D eigenvalue weighted by Gasteiger charge is -2.12. The molecule has 0 aromatic heterocycles. The molecule has 0 saturated carbocycles. The number of nitrogens with one attached hydrogen (secondary N) is 1. The molecule has 0 aliphatic heterocycles. The molecule has 0 aliphatic carbocycles. The van der Waals surface area contributed by atoms with Gasteiger partial charge in [0.05, 0.1) is 19.9 Å². The number of benzene rings is 2. The third kappa shape index (κ3) is 4.36. The molecule has 0 atom stereocenters. The highest BCUT2D eigenvalue weighted by atomic mass is 79.9. The van der Waals surface area contributed by atoms with Gasteiger partial charge in [0.1, 0.15) is 5.75 Å². The molecular formula is C17H16BrNO3. The minimum absolute atomic E-state index is 0.418. The largest absolute Gasteiger partial charge is 0.497 e. The van der Waals surface area contributed by atoms with Crippen molar-refractivity contribution in [2.24, 2.45) is 0 Å². The Hall–Kier alpha value is -2.27. The van der Waals surface area contributed by atoms with Crippen molar-refractivity contribution in [3.8, 4) is 5.75 Å². The van der Waals surface area contributed by atoms with E-state index in [2.05, 4.69) is 21.2 Å². The molecule has 4 nitrogen and oxygen atoms in total. The van der Waals surface area contributed by atoms with E-state index in [1.165, 1.54) is 13.2 Å². The van der Waals surface area contributed by atoms with E-state index in [1.807, 2.05) is 48.5 Å². The van der Waals surface area contributed by atoms with Gasteiger partial charge in [-0.25, -0.2) is 4.79 Å². The third-order valence-electron chi connectivity index (χ3n) is 2.99. The van der Waals surface area contributed by atoms with Crippen LogP contribution in [0.25, 0.3) is 5.70 Å². The molecule has 0 aliphatic rings. The average molecular weight is 362 g/mol. The number of halogens is 1. The molecule has 1 N–H and O–H groups in total. The van der Waals surface area contributed by atoms with Gasteiger partial charge < -0.3 is 14.8 Å². The fourth-order valence-electron chi connectivity index (χ4n) is 1.83. The van der Waals surface area contributed by atoms with Crippen molar-refractivity contribution in [1.82, 2.24) is 0 Å². The molecule has 0 bridgehead atoms. The maximum absolute atomic E-state index is 11.6. The monoisotopic (exact) mass is 361 g/mol. The van der Waals surface area contributed by atoms with E-state index in [-0.39, 0.29) is 0 Å². The van der Waals surface area contributed by atoms with Gasteiger partial charge in [0, 0.05) is 16.2 Å². The van der Waals surface area contributed by atoms with Gasteiger partial charge in [-0.2, -0.15) is 0 Å². The van der Waals surface area contributed by atoms with Crippen LogP contribution in [0.5, 0.6) is 5.75 Å². The summed E-state index contributed by atoms with van der Waals surface area (Å²) in [7, 11) is 2.97. The summed E-state index contributed by atoms with van der Waals surface area (Å²) in [4.78, 5) is 11.6. The molecule has 114 valence electrons. The number of hydrogen-bond donors (Lipinski definition) is 1. The molecule has 0 fully saturated rings. The molecule has 5 heteroatoms. The predicted molar refractivity (Wildman–Crippen MR) is 90.8 cm³/mol. The minimum atomic E-state index is -0.418. The fourth-order valence-corrected chi connectivity index (χ4v) is 2.09. The highest BCUT2D eigenvalue weighted by Crippen LogP contribution is 2.22. The van der Waals surface area contributed by atoms with Crippen LogP contribution < -0.4 is 10.1 Å². The van der Waals surface area contributed by atoms with Crippen LogP contribution >= 0.6 is 15.9 Å².